The maximum absolute atomic E-state index is 11.8. The average molecular weight is 437 g/mol. The number of halogens is 1. The van der Waals surface area contributed by atoms with E-state index in [0.29, 0.717) is 33.0 Å². The summed E-state index contributed by atoms with van der Waals surface area (Å²) < 4.78 is 0. The molecule has 0 spiro atoms. The number of thiocarbonyl (C=S) groups is 1. The zero-order valence-corrected chi connectivity index (χ0v) is 17.9. The van der Waals surface area contributed by atoms with Crippen LogP contribution in [-0.2, 0) is 9.59 Å². The van der Waals surface area contributed by atoms with E-state index < -0.39 is 0 Å². The highest BCUT2D eigenvalue weighted by atomic mass is 35.5. The van der Waals surface area contributed by atoms with Gasteiger partial charge in [-0.2, -0.15) is 11.8 Å². The van der Waals surface area contributed by atoms with Crippen molar-refractivity contribution in [1.82, 2.24) is 0 Å². The molecule has 4 N–H and O–H groups in total. The first-order valence-corrected chi connectivity index (χ1v) is 10.4. The lowest BCUT2D eigenvalue weighted by Crippen LogP contribution is -2.19. The van der Waals surface area contributed by atoms with Gasteiger partial charge in [-0.1, -0.05) is 18.5 Å². The summed E-state index contributed by atoms with van der Waals surface area (Å²) in [6.45, 7) is 3.46. The predicted octanol–water partition coefficient (Wildman–Crippen LogP) is 4.80. The molecule has 2 aromatic rings. The van der Waals surface area contributed by atoms with Gasteiger partial charge in [0.15, 0.2) is 5.11 Å². The van der Waals surface area contributed by atoms with Crippen LogP contribution >= 0.6 is 35.6 Å². The maximum atomic E-state index is 11.8. The van der Waals surface area contributed by atoms with Crippen molar-refractivity contribution in [2.75, 3.05) is 32.8 Å². The Kier molecular flexibility index (Phi) is 8.56. The quantitative estimate of drug-likeness (QED) is 0.467. The number of carbonyl (C=O) groups excluding carboxylic acids is 2. The maximum Gasteiger partial charge on any atom is 0.234 e. The van der Waals surface area contributed by atoms with Crippen LogP contribution in [0.1, 0.15) is 13.8 Å². The number of rotatable bonds is 7. The summed E-state index contributed by atoms with van der Waals surface area (Å²) in [5.74, 6) is 1.05. The second-order valence-electron chi connectivity index (χ2n) is 5.72. The van der Waals surface area contributed by atoms with Gasteiger partial charge in [0, 0.05) is 24.0 Å². The smallest absolute Gasteiger partial charge is 0.234 e. The molecule has 2 amide bonds. The van der Waals surface area contributed by atoms with Gasteiger partial charge >= 0.3 is 0 Å². The van der Waals surface area contributed by atoms with Crippen molar-refractivity contribution in [3.8, 4) is 0 Å². The molecule has 2 aromatic carbocycles. The van der Waals surface area contributed by atoms with Gasteiger partial charge in [0.1, 0.15) is 0 Å². The van der Waals surface area contributed by atoms with Crippen molar-refractivity contribution >= 4 is 75.3 Å². The van der Waals surface area contributed by atoms with E-state index in [9.17, 15) is 9.59 Å². The Hall–Kier alpha value is -2.29. The summed E-state index contributed by atoms with van der Waals surface area (Å²) in [5, 5.41) is 12.4. The Morgan fingerprint density at radius 3 is 2.11 bits per heavy atom. The monoisotopic (exact) mass is 436 g/mol. The molecule has 0 fully saturated rings. The molecule has 148 valence electrons. The number of anilines is 4. The molecule has 0 aromatic heterocycles. The van der Waals surface area contributed by atoms with Crippen LogP contribution in [0.25, 0.3) is 0 Å². The fourth-order valence-corrected chi connectivity index (χ4v) is 3.13. The van der Waals surface area contributed by atoms with Crippen LogP contribution in [0.4, 0.5) is 22.7 Å². The van der Waals surface area contributed by atoms with Gasteiger partial charge in [-0.05, 0) is 60.4 Å². The summed E-state index contributed by atoms with van der Waals surface area (Å²) in [6, 6.07) is 12.4. The first-order valence-electron chi connectivity index (χ1n) is 8.50. The number of amides is 2. The summed E-state index contributed by atoms with van der Waals surface area (Å²) in [4.78, 5) is 22.9. The number of hydrogen-bond donors (Lipinski definition) is 4. The fraction of sp³-hybridized carbons (Fsp3) is 0.211. The molecule has 0 aliphatic heterocycles. The van der Waals surface area contributed by atoms with E-state index in [1.165, 1.54) is 6.92 Å². The SMILES string of the molecule is CCSCC(=O)Nc1ccc(NC(=S)Nc2ccc(NC(C)=O)cc2)cc1Cl. The van der Waals surface area contributed by atoms with Crippen molar-refractivity contribution in [2.45, 2.75) is 13.8 Å². The van der Waals surface area contributed by atoms with Crippen molar-refractivity contribution < 1.29 is 9.59 Å². The number of thioether (sulfide) groups is 1. The van der Waals surface area contributed by atoms with Gasteiger partial charge in [0.05, 0.1) is 16.5 Å². The van der Waals surface area contributed by atoms with Gasteiger partial charge in [0.2, 0.25) is 11.8 Å². The molecule has 0 heterocycles. The van der Waals surface area contributed by atoms with E-state index in [-0.39, 0.29) is 11.8 Å². The van der Waals surface area contributed by atoms with Crippen LogP contribution in [0.2, 0.25) is 5.02 Å². The summed E-state index contributed by atoms with van der Waals surface area (Å²) >= 11 is 13.1. The van der Waals surface area contributed by atoms with E-state index in [1.807, 2.05) is 6.92 Å². The molecule has 0 aliphatic rings. The van der Waals surface area contributed by atoms with Gasteiger partial charge in [-0.15, -0.1) is 0 Å². The van der Waals surface area contributed by atoms with Crippen LogP contribution in [-0.4, -0.2) is 28.4 Å². The van der Waals surface area contributed by atoms with Crippen LogP contribution in [0.5, 0.6) is 0 Å². The predicted molar refractivity (Wildman–Crippen MR) is 124 cm³/mol. The first-order chi connectivity index (χ1) is 13.4. The van der Waals surface area contributed by atoms with Gasteiger partial charge < -0.3 is 21.3 Å². The largest absolute Gasteiger partial charge is 0.332 e. The third-order valence-corrected chi connectivity index (χ3v) is 4.79. The highest BCUT2D eigenvalue weighted by Gasteiger charge is 2.08. The molecule has 0 atom stereocenters. The zero-order chi connectivity index (χ0) is 20.5. The molecular weight excluding hydrogens is 416 g/mol. The number of carbonyl (C=O) groups is 2. The Balaban J connectivity index is 1.92. The van der Waals surface area contributed by atoms with Crippen molar-refractivity contribution in [2.24, 2.45) is 0 Å². The third-order valence-electron chi connectivity index (χ3n) is 3.40. The van der Waals surface area contributed by atoms with Crippen molar-refractivity contribution in [3.05, 3.63) is 47.5 Å². The van der Waals surface area contributed by atoms with Gasteiger partial charge in [-0.3, -0.25) is 9.59 Å². The molecule has 0 unspecified atom stereocenters. The van der Waals surface area contributed by atoms with Crippen LogP contribution < -0.4 is 21.3 Å². The minimum absolute atomic E-state index is 0.0886. The molecule has 0 saturated heterocycles. The molecule has 28 heavy (non-hydrogen) atoms. The standard InChI is InChI=1S/C19H21ClN4O2S2/c1-3-28-11-18(26)24-17-9-8-15(10-16(17)20)23-19(27)22-14-6-4-13(5-7-14)21-12(2)25/h4-10H,3,11H2,1-2H3,(H,21,25)(H,24,26)(H2,22,23,27). The summed E-state index contributed by atoms with van der Waals surface area (Å²) in [6.07, 6.45) is 0. The molecule has 0 radical (unpaired) electrons. The molecule has 0 saturated carbocycles. The van der Waals surface area contributed by atoms with Crippen LogP contribution in [0, 0.1) is 0 Å². The molecule has 6 nitrogen and oxygen atoms in total. The summed E-state index contributed by atoms with van der Waals surface area (Å²) in [7, 11) is 0. The topological polar surface area (TPSA) is 82.3 Å². The molecule has 2 rings (SSSR count). The minimum Gasteiger partial charge on any atom is -0.332 e. The number of benzene rings is 2. The molecular formula is C19H21ClN4O2S2. The highest BCUT2D eigenvalue weighted by molar-refractivity contribution is 7.99. The van der Waals surface area contributed by atoms with Crippen molar-refractivity contribution in [3.63, 3.8) is 0 Å². The lowest BCUT2D eigenvalue weighted by Gasteiger charge is -2.13. The number of hydrogen-bond acceptors (Lipinski definition) is 4. The number of nitrogens with one attached hydrogen (secondary N) is 4. The van der Waals surface area contributed by atoms with E-state index in [4.69, 9.17) is 23.8 Å². The van der Waals surface area contributed by atoms with E-state index in [0.717, 1.165) is 11.4 Å². The fourth-order valence-electron chi connectivity index (χ4n) is 2.21. The second kappa shape index (κ2) is 10.9. The van der Waals surface area contributed by atoms with Crippen LogP contribution in [0.15, 0.2) is 42.5 Å². The molecule has 9 heteroatoms. The Morgan fingerprint density at radius 2 is 1.54 bits per heavy atom. The van der Waals surface area contributed by atoms with Gasteiger partial charge in [-0.25, -0.2) is 0 Å². The minimum atomic E-state index is -0.126. The molecule has 0 aliphatic carbocycles. The Labute approximate surface area is 178 Å². The van der Waals surface area contributed by atoms with E-state index in [1.54, 1.807) is 54.2 Å². The normalized spacial score (nSPS) is 10.1. The highest BCUT2D eigenvalue weighted by Crippen LogP contribution is 2.26. The second-order valence-corrected chi connectivity index (χ2v) is 7.81. The average Bonchev–Trinajstić information content (AvgIpc) is 2.63. The van der Waals surface area contributed by atoms with E-state index >= 15 is 0 Å². The van der Waals surface area contributed by atoms with Crippen LogP contribution in [0.3, 0.4) is 0 Å². The lowest BCUT2D eigenvalue weighted by atomic mass is 10.2. The first kappa shape index (κ1) is 22.0. The zero-order valence-electron chi connectivity index (χ0n) is 15.5. The van der Waals surface area contributed by atoms with E-state index in [2.05, 4.69) is 21.3 Å². The third kappa shape index (κ3) is 7.38. The van der Waals surface area contributed by atoms with Crippen molar-refractivity contribution in [1.29, 1.82) is 0 Å². The van der Waals surface area contributed by atoms with Gasteiger partial charge in [0.25, 0.3) is 0 Å². The lowest BCUT2D eigenvalue weighted by molar-refractivity contribution is -0.114. The Morgan fingerprint density at radius 1 is 0.964 bits per heavy atom. The Bertz CT molecular complexity index is 860. The summed E-state index contributed by atoms with van der Waals surface area (Å²) in [5.41, 5.74) is 2.73. The molecule has 0 bridgehead atoms.